The van der Waals surface area contributed by atoms with E-state index in [0.29, 0.717) is 6.61 Å². The van der Waals surface area contributed by atoms with Crippen LogP contribution in [0.1, 0.15) is 45.4 Å². The molecule has 0 bridgehead atoms. The lowest BCUT2D eigenvalue weighted by Crippen LogP contribution is -2.62. The van der Waals surface area contributed by atoms with Crippen molar-refractivity contribution in [2.24, 2.45) is 5.73 Å². The molecule has 0 amide bonds. The zero-order valence-corrected chi connectivity index (χ0v) is 12.3. The first-order chi connectivity index (χ1) is 9.61. The summed E-state index contributed by atoms with van der Waals surface area (Å²) in [5, 5.41) is 28.7. The number of unbranched alkanes of at least 4 members (excludes halogenated alkanes) is 5. The quantitative estimate of drug-likeness (QED) is 0.450. The highest BCUT2D eigenvalue weighted by Gasteiger charge is 2.42. The summed E-state index contributed by atoms with van der Waals surface area (Å²) in [4.78, 5) is 0. The second-order valence-corrected chi connectivity index (χ2v) is 5.42. The minimum absolute atomic E-state index is 0.304. The van der Waals surface area contributed by atoms with Gasteiger partial charge in [-0.3, -0.25) is 0 Å². The maximum atomic E-state index is 9.83. The normalized spacial score (nSPS) is 34.4. The molecule has 0 saturated carbocycles. The van der Waals surface area contributed by atoms with E-state index in [2.05, 4.69) is 6.92 Å². The average molecular weight is 291 g/mol. The van der Waals surface area contributed by atoms with Gasteiger partial charge in [-0.1, -0.05) is 39.0 Å². The van der Waals surface area contributed by atoms with Gasteiger partial charge in [-0.2, -0.15) is 0 Å². The van der Waals surface area contributed by atoms with Crippen LogP contribution in [0.2, 0.25) is 0 Å². The van der Waals surface area contributed by atoms with Crippen LogP contribution in [-0.4, -0.2) is 59.2 Å². The van der Waals surface area contributed by atoms with Crippen molar-refractivity contribution in [2.75, 3.05) is 13.2 Å². The molecule has 1 rings (SSSR count). The molecule has 0 aromatic heterocycles. The van der Waals surface area contributed by atoms with Gasteiger partial charge < -0.3 is 30.5 Å². The summed E-state index contributed by atoms with van der Waals surface area (Å²) < 4.78 is 10.8. The van der Waals surface area contributed by atoms with E-state index in [-0.39, 0.29) is 6.61 Å². The van der Waals surface area contributed by atoms with E-state index in [9.17, 15) is 10.2 Å². The Morgan fingerprint density at radius 1 is 1.05 bits per heavy atom. The van der Waals surface area contributed by atoms with Crippen LogP contribution < -0.4 is 5.73 Å². The van der Waals surface area contributed by atoms with Gasteiger partial charge in [-0.05, 0) is 6.42 Å². The SMILES string of the molecule is CCCCCCCCO[C@@H]1O[C@H](CO)[C@H](N)[C@H](O)[C@H]1O. The van der Waals surface area contributed by atoms with Crippen LogP contribution in [-0.2, 0) is 9.47 Å². The van der Waals surface area contributed by atoms with Crippen molar-refractivity contribution >= 4 is 0 Å². The van der Waals surface area contributed by atoms with Crippen molar-refractivity contribution in [1.29, 1.82) is 0 Å². The van der Waals surface area contributed by atoms with Crippen LogP contribution in [0.3, 0.4) is 0 Å². The number of rotatable bonds is 9. The highest BCUT2D eigenvalue weighted by atomic mass is 16.7. The minimum Gasteiger partial charge on any atom is -0.394 e. The summed E-state index contributed by atoms with van der Waals surface area (Å²) in [5.41, 5.74) is 5.66. The zero-order chi connectivity index (χ0) is 15.0. The number of aliphatic hydroxyl groups excluding tert-OH is 3. The molecule has 1 aliphatic rings. The Balaban J connectivity index is 2.21. The maximum Gasteiger partial charge on any atom is 0.186 e. The summed E-state index contributed by atoms with van der Waals surface area (Å²) in [6, 6.07) is -0.802. The van der Waals surface area contributed by atoms with Gasteiger partial charge in [0.05, 0.1) is 12.6 Å². The molecule has 1 aliphatic heterocycles. The summed E-state index contributed by atoms with van der Waals surface area (Å²) in [5.74, 6) is 0. The van der Waals surface area contributed by atoms with Crippen LogP contribution in [0, 0.1) is 0 Å². The average Bonchev–Trinajstić information content (AvgIpc) is 2.46. The smallest absolute Gasteiger partial charge is 0.186 e. The second kappa shape index (κ2) is 9.65. The molecule has 1 saturated heterocycles. The lowest BCUT2D eigenvalue weighted by Gasteiger charge is -2.40. The van der Waals surface area contributed by atoms with Crippen LogP contribution in [0.5, 0.6) is 0 Å². The number of nitrogens with two attached hydrogens (primary N) is 1. The van der Waals surface area contributed by atoms with Crippen LogP contribution in [0.25, 0.3) is 0 Å². The lowest BCUT2D eigenvalue weighted by atomic mass is 9.97. The first kappa shape index (κ1) is 17.8. The van der Waals surface area contributed by atoms with Gasteiger partial charge >= 0.3 is 0 Å². The third-order valence-corrected chi connectivity index (χ3v) is 3.72. The number of ether oxygens (including phenoxy) is 2. The third-order valence-electron chi connectivity index (χ3n) is 3.72. The molecule has 0 aromatic carbocycles. The van der Waals surface area contributed by atoms with Gasteiger partial charge in [0, 0.05) is 6.61 Å². The monoisotopic (exact) mass is 291 g/mol. The number of hydrogen-bond acceptors (Lipinski definition) is 6. The second-order valence-electron chi connectivity index (χ2n) is 5.42. The van der Waals surface area contributed by atoms with Crippen molar-refractivity contribution in [3.8, 4) is 0 Å². The Hall–Kier alpha value is -0.240. The Labute approximate surface area is 120 Å². The van der Waals surface area contributed by atoms with Gasteiger partial charge in [0.25, 0.3) is 0 Å². The van der Waals surface area contributed by atoms with Crippen molar-refractivity contribution < 1.29 is 24.8 Å². The summed E-state index contributed by atoms with van der Waals surface area (Å²) in [6.45, 7) is 2.34. The summed E-state index contributed by atoms with van der Waals surface area (Å²) in [6.07, 6.45) is 2.92. The van der Waals surface area contributed by atoms with Gasteiger partial charge in [0.2, 0.25) is 0 Å². The van der Waals surface area contributed by atoms with E-state index in [4.69, 9.17) is 20.3 Å². The first-order valence-electron chi connectivity index (χ1n) is 7.61. The van der Waals surface area contributed by atoms with E-state index in [1.54, 1.807) is 0 Å². The lowest BCUT2D eigenvalue weighted by molar-refractivity contribution is -0.276. The summed E-state index contributed by atoms with van der Waals surface area (Å²) in [7, 11) is 0. The predicted molar refractivity (Wildman–Crippen MR) is 75.1 cm³/mol. The molecule has 6 nitrogen and oxygen atoms in total. The molecule has 0 radical (unpaired) electrons. The third kappa shape index (κ3) is 5.27. The van der Waals surface area contributed by atoms with Gasteiger partial charge in [0.15, 0.2) is 6.29 Å². The molecular weight excluding hydrogens is 262 g/mol. The highest BCUT2D eigenvalue weighted by Crippen LogP contribution is 2.21. The van der Waals surface area contributed by atoms with E-state index >= 15 is 0 Å². The topological polar surface area (TPSA) is 105 Å². The summed E-state index contributed by atoms with van der Waals surface area (Å²) >= 11 is 0. The zero-order valence-electron chi connectivity index (χ0n) is 12.3. The van der Waals surface area contributed by atoms with Crippen molar-refractivity contribution in [3.63, 3.8) is 0 Å². The highest BCUT2D eigenvalue weighted by molar-refractivity contribution is 4.91. The van der Waals surface area contributed by atoms with E-state index in [1.165, 1.54) is 25.7 Å². The molecule has 0 spiro atoms. The van der Waals surface area contributed by atoms with E-state index < -0.39 is 30.6 Å². The largest absolute Gasteiger partial charge is 0.394 e. The Bertz CT molecular complexity index is 252. The molecule has 1 heterocycles. The molecular formula is C14H29NO5. The van der Waals surface area contributed by atoms with E-state index in [0.717, 1.165) is 12.8 Å². The van der Waals surface area contributed by atoms with Crippen LogP contribution >= 0.6 is 0 Å². The Morgan fingerprint density at radius 3 is 2.35 bits per heavy atom. The minimum atomic E-state index is -1.17. The molecule has 6 heteroatoms. The molecule has 20 heavy (non-hydrogen) atoms. The van der Waals surface area contributed by atoms with Crippen LogP contribution in [0.4, 0.5) is 0 Å². The van der Waals surface area contributed by atoms with Crippen molar-refractivity contribution in [3.05, 3.63) is 0 Å². The molecule has 0 aromatic rings. The molecule has 0 unspecified atom stereocenters. The van der Waals surface area contributed by atoms with Gasteiger partial charge in [-0.15, -0.1) is 0 Å². The maximum absolute atomic E-state index is 9.83. The van der Waals surface area contributed by atoms with Gasteiger partial charge in [0.1, 0.15) is 18.3 Å². The van der Waals surface area contributed by atoms with Crippen LogP contribution in [0.15, 0.2) is 0 Å². The van der Waals surface area contributed by atoms with Crippen molar-refractivity contribution in [2.45, 2.75) is 76.1 Å². The Kier molecular flexibility index (Phi) is 8.60. The molecule has 5 N–H and O–H groups in total. The first-order valence-corrected chi connectivity index (χ1v) is 7.61. The van der Waals surface area contributed by atoms with E-state index in [1.807, 2.05) is 0 Å². The Morgan fingerprint density at radius 2 is 1.70 bits per heavy atom. The molecule has 120 valence electrons. The van der Waals surface area contributed by atoms with Crippen molar-refractivity contribution in [1.82, 2.24) is 0 Å². The number of aliphatic hydroxyl groups is 3. The van der Waals surface area contributed by atoms with Gasteiger partial charge in [-0.25, -0.2) is 0 Å². The fourth-order valence-corrected chi connectivity index (χ4v) is 2.34. The fraction of sp³-hybridized carbons (Fsp3) is 1.00. The molecule has 1 fully saturated rings. The molecule has 0 aliphatic carbocycles. The predicted octanol–water partition coefficient (Wildman–Crippen LogP) is 0.130. The standard InChI is InChI=1S/C14H29NO5/c1-2-3-4-5-6-7-8-19-14-13(18)12(17)11(15)10(9-16)20-14/h10-14,16-18H,2-9,15H2,1H3/t10-,11+,12+,13-,14-/m1/s1. The number of hydrogen-bond donors (Lipinski definition) is 4. The molecule has 5 atom stereocenters. The fourth-order valence-electron chi connectivity index (χ4n) is 2.34.